The highest BCUT2D eigenvalue weighted by Gasteiger charge is 2.33. The van der Waals surface area contributed by atoms with Gasteiger partial charge < -0.3 is 14.2 Å². The summed E-state index contributed by atoms with van der Waals surface area (Å²) < 4.78 is 10.8. The van der Waals surface area contributed by atoms with Crippen LogP contribution in [-0.4, -0.2) is 55.7 Å². The van der Waals surface area contributed by atoms with Crippen LogP contribution in [0.5, 0.6) is 0 Å². The monoisotopic (exact) mass is 450 g/mol. The van der Waals surface area contributed by atoms with Crippen molar-refractivity contribution < 1.29 is 14.1 Å². The van der Waals surface area contributed by atoms with E-state index >= 15 is 0 Å². The van der Waals surface area contributed by atoms with E-state index in [2.05, 4.69) is 20.3 Å². The molecular weight excluding hydrogens is 432 g/mol. The van der Waals surface area contributed by atoms with Crippen molar-refractivity contribution in [3.63, 3.8) is 0 Å². The molecular formula is C22H19ClN6O3. The molecule has 0 N–H and O–H groups in total. The van der Waals surface area contributed by atoms with E-state index in [0.717, 1.165) is 28.8 Å². The molecule has 5 rings (SSSR count). The minimum Gasteiger partial charge on any atom is -0.377 e. The second kappa shape index (κ2) is 8.89. The van der Waals surface area contributed by atoms with Crippen LogP contribution in [0.1, 0.15) is 17.2 Å². The average molecular weight is 451 g/mol. The molecule has 1 aliphatic rings. The van der Waals surface area contributed by atoms with Crippen LogP contribution in [0.4, 0.5) is 0 Å². The van der Waals surface area contributed by atoms with E-state index in [1.165, 1.54) is 11.2 Å². The molecule has 0 saturated carbocycles. The van der Waals surface area contributed by atoms with Gasteiger partial charge in [0.1, 0.15) is 0 Å². The molecule has 1 unspecified atom stereocenters. The Bertz CT molecular complexity index is 1200. The number of hydrogen-bond donors (Lipinski definition) is 0. The van der Waals surface area contributed by atoms with Gasteiger partial charge in [0.05, 0.1) is 43.4 Å². The van der Waals surface area contributed by atoms with E-state index in [9.17, 15) is 4.79 Å². The summed E-state index contributed by atoms with van der Waals surface area (Å²) in [6, 6.07) is 12.8. The van der Waals surface area contributed by atoms with Crippen LogP contribution >= 0.6 is 11.6 Å². The molecule has 3 heterocycles. The number of nitrogens with zero attached hydrogens (tertiary/aromatic N) is 6. The topological polar surface area (TPSA) is 99.2 Å². The van der Waals surface area contributed by atoms with Gasteiger partial charge in [-0.1, -0.05) is 35.0 Å². The number of benzene rings is 2. The summed E-state index contributed by atoms with van der Waals surface area (Å²) in [5.74, 6) is 0.521. The number of hydrogen-bond acceptors (Lipinski definition) is 7. The van der Waals surface area contributed by atoms with Crippen LogP contribution in [0, 0.1) is 0 Å². The van der Waals surface area contributed by atoms with Crippen molar-refractivity contribution in [2.24, 2.45) is 0 Å². The van der Waals surface area contributed by atoms with E-state index in [4.69, 9.17) is 20.9 Å². The number of carbonyl (C=O) groups excluding carboxylic acids is 1. The molecule has 4 aromatic rings. The van der Waals surface area contributed by atoms with Gasteiger partial charge in [-0.05, 0) is 36.2 Å². The van der Waals surface area contributed by atoms with Crippen LogP contribution in [0.25, 0.3) is 17.1 Å². The molecule has 1 aliphatic heterocycles. The molecule has 2 aromatic heterocycles. The predicted molar refractivity (Wildman–Crippen MR) is 115 cm³/mol. The van der Waals surface area contributed by atoms with Crippen molar-refractivity contribution >= 4 is 18.0 Å². The number of ether oxygens (including phenoxy) is 1. The third-order valence-electron chi connectivity index (χ3n) is 5.49. The Hall–Kier alpha value is -3.56. The van der Waals surface area contributed by atoms with Crippen LogP contribution in [0.3, 0.4) is 0 Å². The maximum absolute atomic E-state index is 12.2. The Morgan fingerprint density at radius 1 is 1.12 bits per heavy atom. The minimum atomic E-state index is -0.327. The quantitative estimate of drug-likeness (QED) is 0.416. The Balaban J connectivity index is 1.45. The molecule has 2 aromatic carbocycles. The highest BCUT2D eigenvalue weighted by molar-refractivity contribution is 6.30. The van der Waals surface area contributed by atoms with Crippen LogP contribution in [0.15, 0.2) is 65.8 Å². The SMILES string of the molecule is O=CN1C(c2cc(Cl)ccc2-n2nccn2)COC[C@H]1Cc1cccc(-c2ncon2)c1. The third kappa shape index (κ3) is 4.00. The molecule has 10 heteroatoms. The van der Waals surface area contributed by atoms with Crippen LogP contribution < -0.4 is 0 Å². The lowest BCUT2D eigenvalue weighted by Crippen LogP contribution is -2.48. The molecule has 2 atom stereocenters. The molecule has 0 aliphatic carbocycles. The number of halogens is 1. The maximum Gasteiger partial charge on any atom is 0.214 e. The molecule has 162 valence electrons. The van der Waals surface area contributed by atoms with E-state index in [1.54, 1.807) is 23.4 Å². The Labute approximate surface area is 188 Å². The van der Waals surface area contributed by atoms with E-state index < -0.39 is 0 Å². The first-order valence-electron chi connectivity index (χ1n) is 10.1. The number of amides is 1. The van der Waals surface area contributed by atoms with Gasteiger partial charge in [-0.2, -0.15) is 20.0 Å². The largest absolute Gasteiger partial charge is 0.377 e. The summed E-state index contributed by atoms with van der Waals surface area (Å²) >= 11 is 6.30. The number of morpholine rings is 1. The molecule has 0 radical (unpaired) electrons. The van der Waals surface area contributed by atoms with Crippen molar-refractivity contribution in [2.75, 3.05) is 13.2 Å². The second-order valence-corrected chi connectivity index (χ2v) is 7.88. The molecule has 1 fully saturated rings. The van der Waals surface area contributed by atoms with Crippen molar-refractivity contribution in [1.82, 2.24) is 30.0 Å². The molecule has 0 bridgehead atoms. The van der Waals surface area contributed by atoms with Gasteiger partial charge >= 0.3 is 0 Å². The van der Waals surface area contributed by atoms with Gasteiger partial charge in [0.15, 0.2) is 0 Å². The van der Waals surface area contributed by atoms with Crippen molar-refractivity contribution in [3.8, 4) is 17.1 Å². The van der Waals surface area contributed by atoms with E-state index in [-0.39, 0.29) is 12.1 Å². The Kier molecular flexibility index (Phi) is 5.66. The van der Waals surface area contributed by atoms with Crippen molar-refractivity contribution in [3.05, 3.63) is 77.4 Å². The first-order valence-corrected chi connectivity index (χ1v) is 10.4. The fourth-order valence-corrected chi connectivity index (χ4v) is 4.22. The van der Waals surface area contributed by atoms with Crippen molar-refractivity contribution in [1.29, 1.82) is 0 Å². The first-order chi connectivity index (χ1) is 15.7. The Morgan fingerprint density at radius 3 is 2.78 bits per heavy atom. The average Bonchev–Trinajstić information content (AvgIpc) is 3.54. The van der Waals surface area contributed by atoms with Crippen LogP contribution in [0.2, 0.25) is 5.02 Å². The predicted octanol–water partition coefficient (Wildman–Crippen LogP) is 3.11. The van der Waals surface area contributed by atoms with E-state index in [0.29, 0.717) is 30.5 Å². The maximum atomic E-state index is 12.2. The zero-order valence-electron chi connectivity index (χ0n) is 16.9. The highest BCUT2D eigenvalue weighted by Crippen LogP contribution is 2.33. The third-order valence-corrected chi connectivity index (χ3v) is 5.72. The zero-order valence-corrected chi connectivity index (χ0v) is 17.7. The molecule has 1 saturated heterocycles. The molecule has 9 nitrogen and oxygen atoms in total. The standard InChI is InChI=1S/C22H19ClN6O3/c23-17-4-5-20(29-25-6-7-26-29)19(10-17)21-12-31-11-18(28(21)14-30)9-15-2-1-3-16(8-15)22-24-13-32-27-22/h1-8,10,13-14,18,21H,9,11-12H2/t18-,21?/m1/s1. The summed E-state index contributed by atoms with van der Waals surface area (Å²) in [7, 11) is 0. The second-order valence-electron chi connectivity index (χ2n) is 7.44. The number of carbonyl (C=O) groups is 1. The fourth-order valence-electron chi connectivity index (χ4n) is 4.04. The summed E-state index contributed by atoms with van der Waals surface area (Å²) in [5.41, 5.74) is 3.46. The van der Waals surface area contributed by atoms with Gasteiger partial charge in [0.2, 0.25) is 18.6 Å². The Morgan fingerprint density at radius 2 is 2.00 bits per heavy atom. The number of aromatic nitrogens is 5. The zero-order chi connectivity index (χ0) is 21.9. The first kappa shape index (κ1) is 20.3. The molecule has 0 spiro atoms. The number of rotatable bonds is 6. The lowest BCUT2D eigenvalue weighted by Gasteiger charge is -2.40. The van der Waals surface area contributed by atoms with Crippen molar-refractivity contribution in [2.45, 2.75) is 18.5 Å². The van der Waals surface area contributed by atoms with Crippen LogP contribution in [-0.2, 0) is 16.0 Å². The summed E-state index contributed by atoms with van der Waals surface area (Å²) in [5, 5.41) is 12.9. The highest BCUT2D eigenvalue weighted by atomic mass is 35.5. The molecule has 1 amide bonds. The van der Waals surface area contributed by atoms with Gasteiger partial charge in [0.25, 0.3) is 0 Å². The summed E-state index contributed by atoms with van der Waals surface area (Å²) in [6.07, 6.45) is 5.99. The normalized spacial score (nSPS) is 18.6. The van der Waals surface area contributed by atoms with E-state index in [1.807, 2.05) is 36.4 Å². The minimum absolute atomic E-state index is 0.163. The van der Waals surface area contributed by atoms with Gasteiger partial charge in [-0.25, -0.2) is 0 Å². The summed E-state index contributed by atoms with van der Waals surface area (Å²) in [6.45, 7) is 0.782. The van der Waals surface area contributed by atoms with Gasteiger partial charge in [-0.15, -0.1) is 0 Å². The van der Waals surface area contributed by atoms with Gasteiger partial charge in [0, 0.05) is 16.1 Å². The molecule has 32 heavy (non-hydrogen) atoms. The lowest BCUT2D eigenvalue weighted by atomic mass is 9.97. The lowest BCUT2D eigenvalue weighted by molar-refractivity contribution is -0.132. The smallest absolute Gasteiger partial charge is 0.214 e. The fraction of sp³-hybridized carbons (Fsp3) is 0.227. The van der Waals surface area contributed by atoms with Gasteiger partial charge in [-0.3, -0.25) is 4.79 Å². The summed E-state index contributed by atoms with van der Waals surface area (Å²) in [4.78, 5) is 19.7.